The average molecular weight is 403 g/mol. The predicted octanol–water partition coefficient (Wildman–Crippen LogP) is 3.27. The number of hydrogen-bond donors (Lipinski definition) is 1. The molecule has 146 valence electrons. The van der Waals surface area contributed by atoms with Crippen molar-refractivity contribution in [1.82, 2.24) is 0 Å². The molecule has 1 heterocycles. The molecule has 2 aromatic carbocycles. The predicted molar refractivity (Wildman–Crippen MR) is 105 cm³/mol. The van der Waals surface area contributed by atoms with Gasteiger partial charge in [-0.1, -0.05) is 11.6 Å². The number of benzene rings is 2. The minimum absolute atomic E-state index is 0.0974. The van der Waals surface area contributed by atoms with Gasteiger partial charge >= 0.3 is 5.97 Å². The molecule has 0 aromatic heterocycles. The van der Waals surface area contributed by atoms with E-state index in [-0.39, 0.29) is 11.5 Å². The quantitative estimate of drug-likeness (QED) is 0.749. The summed E-state index contributed by atoms with van der Waals surface area (Å²) in [6, 6.07) is 11.5. The number of anilines is 2. The van der Waals surface area contributed by atoms with Gasteiger partial charge in [0.05, 0.1) is 7.11 Å². The van der Waals surface area contributed by atoms with Gasteiger partial charge in [0.2, 0.25) is 5.91 Å². The van der Waals surface area contributed by atoms with Gasteiger partial charge in [-0.05, 0) is 48.9 Å². The number of methoxy groups -OCH3 is 1. The first-order valence-electron chi connectivity index (χ1n) is 8.69. The first-order chi connectivity index (χ1) is 13.5. The first kappa shape index (κ1) is 19.7. The lowest BCUT2D eigenvalue weighted by atomic mass is 10.2. The lowest BCUT2D eigenvalue weighted by Crippen LogP contribution is -2.24. The Bertz CT molecular complexity index is 898. The van der Waals surface area contributed by atoms with Crippen molar-refractivity contribution in [2.45, 2.75) is 12.8 Å². The van der Waals surface area contributed by atoms with Crippen LogP contribution in [-0.2, 0) is 14.3 Å². The molecule has 2 amide bonds. The number of esters is 1. The Kier molecular flexibility index (Phi) is 6.16. The molecule has 8 heteroatoms. The molecular weight excluding hydrogens is 384 g/mol. The fraction of sp³-hybridized carbons (Fsp3) is 0.250. The second kappa shape index (κ2) is 8.75. The van der Waals surface area contributed by atoms with Crippen LogP contribution in [0.5, 0.6) is 5.75 Å². The molecule has 3 rings (SSSR count). The van der Waals surface area contributed by atoms with Crippen molar-refractivity contribution in [1.29, 1.82) is 0 Å². The van der Waals surface area contributed by atoms with Gasteiger partial charge in [-0.3, -0.25) is 9.59 Å². The summed E-state index contributed by atoms with van der Waals surface area (Å²) in [6.45, 7) is 0.244. The topological polar surface area (TPSA) is 84.9 Å². The molecule has 1 N–H and O–H groups in total. The fourth-order valence-electron chi connectivity index (χ4n) is 2.89. The van der Waals surface area contributed by atoms with E-state index in [1.54, 1.807) is 41.3 Å². The van der Waals surface area contributed by atoms with Gasteiger partial charge in [-0.15, -0.1) is 0 Å². The number of hydrogen-bond acceptors (Lipinski definition) is 5. The molecule has 1 aliphatic heterocycles. The summed E-state index contributed by atoms with van der Waals surface area (Å²) in [5, 5.41) is 3.00. The SMILES string of the molecule is COc1ccc(Cl)cc1C(=O)OCC(=O)Nc1ccc(N2CCCC2=O)cc1. The Balaban J connectivity index is 1.55. The van der Waals surface area contributed by atoms with Crippen molar-refractivity contribution in [2.24, 2.45) is 0 Å². The second-order valence-corrected chi connectivity index (χ2v) is 6.60. The van der Waals surface area contributed by atoms with Crippen LogP contribution in [0.4, 0.5) is 11.4 Å². The highest BCUT2D eigenvalue weighted by molar-refractivity contribution is 6.31. The lowest BCUT2D eigenvalue weighted by molar-refractivity contribution is -0.119. The molecule has 0 unspecified atom stereocenters. The van der Waals surface area contributed by atoms with Crippen LogP contribution < -0.4 is 15.0 Å². The highest BCUT2D eigenvalue weighted by Gasteiger charge is 2.21. The molecule has 2 aromatic rings. The van der Waals surface area contributed by atoms with Gasteiger partial charge in [-0.25, -0.2) is 4.79 Å². The zero-order chi connectivity index (χ0) is 20.1. The van der Waals surface area contributed by atoms with E-state index >= 15 is 0 Å². The third kappa shape index (κ3) is 4.61. The third-order valence-corrected chi connectivity index (χ3v) is 4.49. The molecule has 1 saturated heterocycles. The summed E-state index contributed by atoms with van der Waals surface area (Å²) in [7, 11) is 1.42. The number of nitrogens with zero attached hydrogens (tertiary/aromatic N) is 1. The zero-order valence-electron chi connectivity index (χ0n) is 15.2. The number of nitrogens with one attached hydrogen (secondary N) is 1. The number of ether oxygens (including phenoxy) is 2. The molecule has 1 fully saturated rings. The second-order valence-electron chi connectivity index (χ2n) is 6.16. The summed E-state index contributed by atoms with van der Waals surface area (Å²) < 4.78 is 10.1. The van der Waals surface area contributed by atoms with E-state index in [0.717, 1.165) is 12.1 Å². The van der Waals surface area contributed by atoms with Gasteiger partial charge in [0.25, 0.3) is 5.91 Å². The molecule has 0 aliphatic carbocycles. The first-order valence-corrected chi connectivity index (χ1v) is 9.06. The Morgan fingerprint density at radius 2 is 1.93 bits per heavy atom. The maximum atomic E-state index is 12.2. The summed E-state index contributed by atoms with van der Waals surface area (Å²) in [5.74, 6) is -0.793. The van der Waals surface area contributed by atoms with Gasteiger partial charge in [0.1, 0.15) is 11.3 Å². The minimum atomic E-state index is -0.711. The Morgan fingerprint density at radius 1 is 1.18 bits per heavy atom. The summed E-state index contributed by atoms with van der Waals surface area (Å²) in [6.07, 6.45) is 1.40. The van der Waals surface area contributed by atoms with Crippen LogP contribution in [-0.4, -0.2) is 38.0 Å². The molecule has 7 nitrogen and oxygen atoms in total. The van der Waals surface area contributed by atoms with E-state index < -0.39 is 18.5 Å². The molecule has 0 spiro atoms. The van der Waals surface area contributed by atoms with Crippen LogP contribution in [0.2, 0.25) is 5.02 Å². The third-order valence-electron chi connectivity index (χ3n) is 4.25. The summed E-state index contributed by atoms with van der Waals surface area (Å²) in [5.41, 5.74) is 1.47. The Hall–Kier alpha value is -3.06. The van der Waals surface area contributed by atoms with Crippen LogP contribution in [0.3, 0.4) is 0 Å². The fourth-order valence-corrected chi connectivity index (χ4v) is 3.06. The van der Waals surface area contributed by atoms with E-state index in [4.69, 9.17) is 21.1 Å². The van der Waals surface area contributed by atoms with Crippen molar-refractivity contribution < 1.29 is 23.9 Å². The van der Waals surface area contributed by atoms with E-state index in [9.17, 15) is 14.4 Å². The van der Waals surface area contributed by atoms with Gasteiger partial charge < -0.3 is 19.7 Å². The minimum Gasteiger partial charge on any atom is -0.496 e. The normalized spacial score (nSPS) is 13.4. The molecule has 1 aliphatic rings. The lowest BCUT2D eigenvalue weighted by Gasteiger charge is -2.16. The zero-order valence-corrected chi connectivity index (χ0v) is 16.0. The van der Waals surface area contributed by atoms with Crippen LogP contribution in [0.25, 0.3) is 0 Å². The van der Waals surface area contributed by atoms with Crippen molar-refractivity contribution in [2.75, 3.05) is 30.5 Å². The van der Waals surface area contributed by atoms with E-state index in [1.165, 1.54) is 13.2 Å². The number of carbonyl (C=O) groups is 3. The van der Waals surface area contributed by atoms with Crippen molar-refractivity contribution >= 4 is 40.8 Å². The average Bonchev–Trinajstić information content (AvgIpc) is 3.12. The van der Waals surface area contributed by atoms with Crippen molar-refractivity contribution in [3.8, 4) is 5.75 Å². The van der Waals surface area contributed by atoms with Gasteiger partial charge in [0, 0.05) is 29.4 Å². The monoisotopic (exact) mass is 402 g/mol. The van der Waals surface area contributed by atoms with Gasteiger partial charge in [0.15, 0.2) is 6.61 Å². The van der Waals surface area contributed by atoms with Crippen LogP contribution in [0.1, 0.15) is 23.2 Å². The molecule has 0 atom stereocenters. The number of halogens is 1. The van der Waals surface area contributed by atoms with E-state index in [1.807, 2.05) is 0 Å². The summed E-state index contributed by atoms with van der Waals surface area (Å²) in [4.78, 5) is 37.7. The van der Waals surface area contributed by atoms with E-state index in [2.05, 4.69) is 5.32 Å². The number of rotatable bonds is 6. The highest BCUT2D eigenvalue weighted by atomic mass is 35.5. The number of carbonyl (C=O) groups excluding carboxylic acids is 3. The van der Waals surface area contributed by atoms with Crippen LogP contribution >= 0.6 is 11.6 Å². The molecule has 28 heavy (non-hydrogen) atoms. The number of amides is 2. The standard InChI is InChI=1S/C20H19ClN2O5/c1-27-17-9-4-13(21)11-16(17)20(26)28-12-18(24)22-14-5-7-15(8-6-14)23-10-2-3-19(23)25/h4-9,11H,2-3,10,12H2,1H3,(H,22,24). The molecule has 0 bridgehead atoms. The Labute approximate surface area is 167 Å². The van der Waals surface area contributed by atoms with E-state index in [0.29, 0.717) is 29.4 Å². The van der Waals surface area contributed by atoms with Crippen molar-refractivity contribution in [3.63, 3.8) is 0 Å². The Morgan fingerprint density at radius 3 is 2.57 bits per heavy atom. The van der Waals surface area contributed by atoms with Crippen LogP contribution in [0, 0.1) is 0 Å². The van der Waals surface area contributed by atoms with Crippen molar-refractivity contribution in [3.05, 3.63) is 53.1 Å². The highest BCUT2D eigenvalue weighted by Crippen LogP contribution is 2.24. The van der Waals surface area contributed by atoms with Crippen LogP contribution in [0.15, 0.2) is 42.5 Å². The largest absolute Gasteiger partial charge is 0.496 e. The maximum Gasteiger partial charge on any atom is 0.342 e. The molecule has 0 radical (unpaired) electrons. The molecular formula is C20H19ClN2O5. The van der Waals surface area contributed by atoms with Gasteiger partial charge in [-0.2, -0.15) is 0 Å². The summed E-state index contributed by atoms with van der Waals surface area (Å²) >= 11 is 5.89. The molecule has 0 saturated carbocycles. The smallest absolute Gasteiger partial charge is 0.342 e. The maximum absolute atomic E-state index is 12.2.